The molecule has 3 aromatic carbocycles. The maximum absolute atomic E-state index is 13.1. The molecular weight excluding hydrogens is 466 g/mol. The van der Waals surface area contributed by atoms with E-state index in [1.807, 2.05) is 54.6 Å². The van der Waals surface area contributed by atoms with Crippen molar-refractivity contribution in [2.24, 2.45) is 0 Å². The highest BCUT2D eigenvalue weighted by Crippen LogP contribution is 2.44. The number of rotatable bonds is 9. The van der Waals surface area contributed by atoms with Crippen molar-refractivity contribution < 1.29 is 23.9 Å². The van der Waals surface area contributed by atoms with Gasteiger partial charge in [0.2, 0.25) is 5.91 Å². The molecule has 6 nitrogen and oxygen atoms in total. The second-order valence-electron chi connectivity index (χ2n) is 10.2. The minimum Gasteiger partial charge on any atom is -0.463 e. The van der Waals surface area contributed by atoms with Gasteiger partial charge < -0.3 is 14.4 Å². The highest BCUT2D eigenvalue weighted by atomic mass is 16.6. The van der Waals surface area contributed by atoms with Gasteiger partial charge in [-0.2, -0.15) is 0 Å². The Balaban J connectivity index is 1.41. The van der Waals surface area contributed by atoms with Crippen LogP contribution in [-0.4, -0.2) is 41.5 Å². The molecule has 0 bridgehead atoms. The fourth-order valence-corrected chi connectivity index (χ4v) is 4.61. The van der Waals surface area contributed by atoms with Gasteiger partial charge in [0.25, 0.3) is 0 Å². The molecule has 0 aliphatic heterocycles. The number of carbonyl (C=O) groups excluding carboxylic acids is 3. The molecule has 0 radical (unpaired) electrons. The van der Waals surface area contributed by atoms with Crippen LogP contribution in [0.4, 0.5) is 0 Å². The first-order chi connectivity index (χ1) is 17.7. The molecule has 3 aromatic rings. The Bertz CT molecular complexity index is 1220. The molecule has 1 amide bonds. The minimum atomic E-state index is -0.620. The van der Waals surface area contributed by atoms with Crippen molar-refractivity contribution in [3.05, 3.63) is 95.6 Å². The standard InChI is InChI=1S/C31H33NO5/c1-31(2,3)37-29(34)18-17-28(33)32(19-22-11-5-4-6-12-22)20-30(35)36-21-27-25-15-9-7-13-23(25)24-14-8-10-16-26(24)27/h4-16,27H,17-21H2,1-3H3. The molecular formula is C31H33NO5. The summed E-state index contributed by atoms with van der Waals surface area (Å²) in [4.78, 5) is 39.6. The zero-order chi connectivity index (χ0) is 26.4. The van der Waals surface area contributed by atoms with Crippen LogP contribution < -0.4 is 0 Å². The highest BCUT2D eigenvalue weighted by molar-refractivity contribution is 5.85. The number of ether oxygens (including phenoxy) is 2. The SMILES string of the molecule is CC(C)(C)OC(=O)CCC(=O)N(CC(=O)OCC1c2ccccc2-c2ccccc21)Cc1ccccc1. The fraction of sp³-hybridized carbons (Fsp3) is 0.323. The van der Waals surface area contributed by atoms with Gasteiger partial charge in [-0.1, -0.05) is 78.9 Å². The lowest BCUT2D eigenvalue weighted by atomic mass is 9.98. The number of carbonyl (C=O) groups is 3. The number of hydrogen-bond acceptors (Lipinski definition) is 5. The van der Waals surface area contributed by atoms with Crippen LogP contribution in [0.2, 0.25) is 0 Å². The largest absolute Gasteiger partial charge is 0.463 e. The summed E-state index contributed by atoms with van der Waals surface area (Å²) in [5.41, 5.74) is 4.84. The summed E-state index contributed by atoms with van der Waals surface area (Å²) in [5, 5.41) is 0. The van der Waals surface area contributed by atoms with Crippen molar-refractivity contribution in [2.75, 3.05) is 13.2 Å². The van der Waals surface area contributed by atoms with E-state index in [1.165, 1.54) is 4.90 Å². The zero-order valence-corrected chi connectivity index (χ0v) is 21.6. The molecule has 1 aliphatic rings. The molecule has 0 N–H and O–H groups in total. The Morgan fingerprint density at radius 3 is 1.92 bits per heavy atom. The van der Waals surface area contributed by atoms with Gasteiger partial charge in [-0.15, -0.1) is 0 Å². The van der Waals surface area contributed by atoms with Crippen LogP contribution in [0.25, 0.3) is 11.1 Å². The van der Waals surface area contributed by atoms with Gasteiger partial charge in [0.15, 0.2) is 0 Å². The number of hydrogen-bond donors (Lipinski definition) is 0. The lowest BCUT2D eigenvalue weighted by Gasteiger charge is -2.23. The van der Waals surface area contributed by atoms with E-state index in [0.717, 1.165) is 27.8 Å². The quantitative estimate of drug-likeness (QED) is 0.364. The highest BCUT2D eigenvalue weighted by Gasteiger charge is 2.29. The Morgan fingerprint density at radius 2 is 1.32 bits per heavy atom. The first-order valence-corrected chi connectivity index (χ1v) is 12.6. The summed E-state index contributed by atoms with van der Waals surface area (Å²) in [6, 6.07) is 25.7. The van der Waals surface area contributed by atoms with Gasteiger partial charge >= 0.3 is 11.9 Å². The summed E-state index contributed by atoms with van der Waals surface area (Å²) in [6.45, 7) is 5.59. The van der Waals surface area contributed by atoms with Crippen LogP contribution in [0, 0.1) is 0 Å². The summed E-state index contributed by atoms with van der Waals surface area (Å²) in [7, 11) is 0. The van der Waals surface area contributed by atoms with Crippen molar-refractivity contribution in [3.8, 4) is 11.1 Å². The predicted molar refractivity (Wildman–Crippen MR) is 142 cm³/mol. The van der Waals surface area contributed by atoms with Gasteiger partial charge in [0.05, 0.1) is 6.42 Å². The normalized spacial score (nSPS) is 12.4. The Morgan fingerprint density at radius 1 is 0.757 bits per heavy atom. The molecule has 0 fully saturated rings. The molecule has 192 valence electrons. The molecule has 6 heteroatoms. The number of benzene rings is 3. The van der Waals surface area contributed by atoms with Crippen LogP contribution in [0.3, 0.4) is 0 Å². The average molecular weight is 500 g/mol. The van der Waals surface area contributed by atoms with Crippen LogP contribution >= 0.6 is 0 Å². The molecule has 0 spiro atoms. The maximum Gasteiger partial charge on any atom is 0.325 e. The third kappa shape index (κ3) is 6.85. The minimum absolute atomic E-state index is 0.0433. The summed E-state index contributed by atoms with van der Waals surface area (Å²) < 4.78 is 11.0. The fourth-order valence-electron chi connectivity index (χ4n) is 4.61. The summed E-state index contributed by atoms with van der Waals surface area (Å²) >= 11 is 0. The van der Waals surface area contributed by atoms with E-state index in [-0.39, 0.29) is 44.4 Å². The Kier molecular flexibility index (Phi) is 8.07. The molecule has 0 saturated carbocycles. The smallest absolute Gasteiger partial charge is 0.325 e. The zero-order valence-electron chi connectivity index (χ0n) is 21.6. The van der Waals surface area contributed by atoms with Crippen LogP contribution in [0.1, 0.15) is 56.2 Å². The number of esters is 2. The van der Waals surface area contributed by atoms with E-state index in [1.54, 1.807) is 20.8 Å². The second kappa shape index (κ2) is 11.4. The molecule has 0 atom stereocenters. The van der Waals surface area contributed by atoms with E-state index in [2.05, 4.69) is 24.3 Å². The maximum atomic E-state index is 13.1. The van der Waals surface area contributed by atoms with E-state index in [4.69, 9.17) is 9.47 Å². The van der Waals surface area contributed by atoms with E-state index in [0.29, 0.717) is 0 Å². The third-order valence-corrected chi connectivity index (χ3v) is 6.23. The molecule has 37 heavy (non-hydrogen) atoms. The molecule has 0 saturated heterocycles. The van der Waals surface area contributed by atoms with Crippen LogP contribution in [0.5, 0.6) is 0 Å². The Hall–Kier alpha value is -3.93. The van der Waals surface area contributed by atoms with Gasteiger partial charge in [-0.05, 0) is 48.6 Å². The number of amides is 1. The van der Waals surface area contributed by atoms with E-state index in [9.17, 15) is 14.4 Å². The lowest BCUT2D eigenvalue weighted by molar-refractivity contribution is -0.156. The van der Waals surface area contributed by atoms with Crippen molar-refractivity contribution in [1.29, 1.82) is 0 Å². The van der Waals surface area contributed by atoms with E-state index < -0.39 is 17.5 Å². The molecule has 0 unspecified atom stereocenters. The first kappa shape index (κ1) is 26.1. The van der Waals surface area contributed by atoms with Crippen molar-refractivity contribution in [1.82, 2.24) is 4.90 Å². The van der Waals surface area contributed by atoms with Crippen LogP contribution in [-0.2, 0) is 30.4 Å². The van der Waals surface area contributed by atoms with Gasteiger partial charge in [-0.3, -0.25) is 14.4 Å². The van der Waals surface area contributed by atoms with Crippen molar-refractivity contribution in [2.45, 2.75) is 51.7 Å². The summed E-state index contributed by atoms with van der Waals surface area (Å²) in [6.07, 6.45) is -0.0928. The predicted octanol–water partition coefficient (Wildman–Crippen LogP) is 5.49. The summed E-state index contributed by atoms with van der Waals surface area (Å²) in [5.74, 6) is -1.28. The average Bonchev–Trinajstić information content (AvgIpc) is 3.19. The number of nitrogens with zero attached hydrogens (tertiary/aromatic N) is 1. The topological polar surface area (TPSA) is 72.9 Å². The lowest BCUT2D eigenvalue weighted by Crippen LogP contribution is -2.36. The van der Waals surface area contributed by atoms with Gasteiger partial charge in [0.1, 0.15) is 18.8 Å². The van der Waals surface area contributed by atoms with Crippen molar-refractivity contribution in [3.63, 3.8) is 0 Å². The molecule has 1 aliphatic carbocycles. The second-order valence-corrected chi connectivity index (χ2v) is 10.2. The Labute approximate surface area is 218 Å². The molecule has 0 aromatic heterocycles. The van der Waals surface area contributed by atoms with Crippen molar-refractivity contribution >= 4 is 17.8 Å². The monoisotopic (exact) mass is 499 g/mol. The van der Waals surface area contributed by atoms with Gasteiger partial charge in [-0.25, -0.2) is 0 Å². The van der Waals surface area contributed by atoms with E-state index >= 15 is 0 Å². The number of fused-ring (bicyclic) bond motifs is 3. The van der Waals surface area contributed by atoms with Gasteiger partial charge in [0, 0.05) is 18.9 Å². The molecule has 0 heterocycles. The molecule has 4 rings (SSSR count). The third-order valence-electron chi connectivity index (χ3n) is 6.23. The van der Waals surface area contributed by atoms with Crippen LogP contribution in [0.15, 0.2) is 78.9 Å². The first-order valence-electron chi connectivity index (χ1n) is 12.6.